The lowest BCUT2D eigenvalue weighted by molar-refractivity contribution is 0.414. The number of methoxy groups -OCH3 is 1. The molecule has 0 saturated heterocycles. The van der Waals surface area contributed by atoms with E-state index in [1.807, 2.05) is 19.1 Å². The Morgan fingerprint density at radius 3 is 2.23 bits per heavy atom. The minimum Gasteiger partial charge on any atom is -0.497 e. The molecule has 0 N–H and O–H groups in total. The van der Waals surface area contributed by atoms with E-state index in [9.17, 15) is 0 Å². The van der Waals surface area contributed by atoms with Crippen LogP contribution in [0, 0.1) is 6.92 Å². The van der Waals surface area contributed by atoms with Crippen molar-refractivity contribution in [1.29, 1.82) is 0 Å². The van der Waals surface area contributed by atoms with E-state index in [1.165, 1.54) is 16.5 Å². The predicted octanol–water partition coefficient (Wildman–Crippen LogP) is 4.88. The molecular weight excluding hydrogens is 270 g/mol. The van der Waals surface area contributed by atoms with Gasteiger partial charge in [-0.1, -0.05) is 38.1 Å². The maximum absolute atomic E-state index is 5.25. The topological polar surface area (TPSA) is 22.1 Å². The van der Waals surface area contributed by atoms with Crippen LogP contribution in [-0.2, 0) is 5.41 Å². The van der Waals surface area contributed by atoms with Crippen LogP contribution in [0.3, 0.4) is 0 Å². The molecule has 112 valence electrons. The number of ether oxygens (including phenoxy) is 1. The van der Waals surface area contributed by atoms with Gasteiger partial charge in [0.2, 0.25) is 0 Å². The second kappa shape index (κ2) is 5.45. The van der Waals surface area contributed by atoms with Crippen molar-refractivity contribution in [3.05, 3.63) is 71.4 Å². The third-order valence-electron chi connectivity index (χ3n) is 4.36. The van der Waals surface area contributed by atoms with E-state index in [4.69, 9.17) is 4.74 Å². The van der Waals surface area contributed by atoms with E-state index in [1.54, 1.807) is 7.11 Å². The Morgan fingerprint density at radius 2 is 1.55 bits per heavy atom. The summed E-state index contributed by atoms with van der Waals surface area (Å²) >= 11 is 0. The predicted molar refractivity (Wildman–Crippen MR) is 91.6 cm³/mol. The van der Waals surface area contributed by atoms with Gasteiger partial charge in [-0.05, 0) is 48.4 Å². The van der Waals surface area contributed by atoms with Crippen LogP contribution >= 0.6 is 0 Å². The first kappa shape index (κ1) is 14.6. The van der Waals surface area contributed by atoms with Crippen molar-refractivity contribution < 1.29 is 4.74 Å². The zero-order valence-electron chi connectivity index (χ0n) is 13.6. The zero-order valence-corrected chi connectivity index (χ0v) is 13.6. The van der Waals surface area contributed by atoms with Crippen LogP contribution in [0.1, 0.15) is 30.7 Å². The first-order valence-corrected chi connectivity index (χ1v) is 7.53. The van der Waals surface area contributed by atoms with Crippen LogP contribution in [0.15, 0.2) is 54.6 Å². The molecule has 2 heteroatoms. The fraction of sp³-hybridized carbons (Fsp3) is 0.250. The number of nitrogens with zero attached hydrogens (tertiary/aromatic N) is 1. The molecule has 0 radical (unpaired) electrons. The summed E-state index contributed by atoms with van der Waals surface area (Å²) in [5.74, 6) is 0.887. The number of rotatable bonds is 3. The quantitative estimate of drug-likeness (QED) is 0.686. The lowest BCUT2D eigenvalue weighted by Gasteiger charge is -2.26. The summed E-state index contributed by atoms with van der Waals surface area (Å²) in [6.07, 6.45) is 0. The van der Waals surface area contributed by atoms with Gasteiger partial charge in [-0.25, -0.2) is 0 Å². The molecule has 3 aromatic rings. The van der Waals surface area contributed by atoms with Crippen molar-refractivity contribution in [3.8, 4) is 5.75 Å². The first-order chi connectivity index (χ1) is 10.5. The normalized spacial score (nSPS) is 11.6. The van der Waals surface area contributed by atoms with Gasteiger partial charge in [0.05, 0.1) is 12.6 Å². The first-order valence-electron chi connectivity index (χ1n) is 7.53. The summed E-state index contributed by atoms with van der Waals surface area (Å²) < 4.78 is 5.25. The fourth-order valence-corrected chi connectivity index (χ4v) is 2.79. The van der Waals surface area contributed by atoms with Crippen LogP contribution in [0.2, 0.25) is 0 Å². The van der Waals surface area contributed by atoms with Crippen molar-refractivity contribution in [2.45, 2.75) is 26.2 Å². The highest BCUT2D eigenvalue weighted by Crippen LogP contribution is 2.33. The van der Waals surface area contributed by atoms with Crippen LogP contribution in [0.25, 0.3) is 10.9 Å². The van der Waals surface area contributed by atoms with E-state index in [2.05, 4.69) is 61.3 Å². The third kappa shape index (κ3) is 2.57. The van der Waals surface area contributed by atoms with Gasteiger partial charge in [0.15, 0.2) is 0 Å². The van der Waals surface area contributed by atoms with Crippen LogP contribution < -0.4 is 4.74 Å². The number of benzene rings is 2. The standard InChI is InChI=1S/C20H21NO/c1-14-5-6-15-13-17(9-12-19(15)21-14)20(2,3)16-7-10-18(22-4)11-8-16/h5-13H,1-4H3. The molecular formula is C20H21NO. The van der Waals surface area contributed by atoms with E-state index in [0.717, 1.165) is 17.0 Å². The van der Waals surface area contributed by atoms with E-state index >= 15 is 0 Å². The molecule has 0 aliphatic carbocycles. The van der Waals surface area contributed by atoms with Gasteiger partial charge in [0.25, 0.3) is 0 Å². The van der Waals surface area contributed by atoms with Gasteiger partial charge in [0.1, 0.15) is 5.75 Å². The van der Waals surface area contributed by atoms with Crippen molar-refractivity contribution in [2.24, 2.45) is 0 Å². The summed E-state index contributed by atoms with van der Waals surface area (Å²) in [7, 11) is 1.69. The Kier molecular flexibility index (Phi) is 3.61. The van der Waals surface area contributed by atoms with Crippen molar-refractivity contribution in [3.63, 3.8) is 0 Å². The number of hydrogen-bond donors (Lipinski definition) is 0. The van der Waals surface area contributed by atoms with E-state index < -0.39 is 0 Å². The molecule has 1 aromatic heterocycles. The van der Waals surface area contributed by atoms with Gasteiger partial charge in [-0.3, -0.25) is 4.98 Å². The highest BCUT2D eigenvalue weighted by molar-refractivity contribution is 5.80. The third-order valence-corrected chi connectivity index (χ3v) is 4.36. The Hall–Kier alpha value is -2.35. The number of pyridine rings is 1. The summed E-state index contributed by atoms with van der Waals surface area (Å²) in [5.41, 5.74) is 4.60. The summed E-state index contributed by atoms with van der Waals surface area (Å²) in [4.78, 5) is 4.58. The monoisotopic (exact) mass is 291 g/mol. The largest absolute Gasteiger partial charge is 0.497 e. The molecule has 2 aromatic carbocycles. The summed E-state index contributed by atoms with van der Waals surface area (Å²) in [6, 6.07) is 19.0. The minimum absolute atomic E-state index is 0.0641. The van der Waals surface area contributed by atoms with Gasteiger partial charge in [-0.15, -0.1) is 0 Å². The highest BCUT2D eigenvalue weighted by atomic mass is 16.5. The summed E-state index contributed by atoms with van der Waals surface area (Å²) in [6.45, 7) is 6.52. The van der Waals surface area contributed by atoms with Gasteiger partial charge < -0.3 is 4.74 Å². The van der Waals surface area contributed by atoms with Crippen molar-refractivity contribution >= 4 is 10.9 Å². The molecule has 0 saturated carbocycles. The molecule has 0 aliphatic rings. The number of aromatic nitrogens is 1. The molecule has 0 fully saturated rings. The molecule has 0 atom stereocenters. The lowest BCUT2D eigenvalue weighted by Crippen LogP contribution is -2.18. The second-order valence-corrected chi connectivity index (χ2v) is 6.21. The molecule has 0 spiro atoms. The average molecular weight is 291 g/mol. The van der Waals surface area contributed by atoms with E-state index in [0.29, 0.717) is 0 Å². The second-order valence-electron chi connectivity index (χ2n) is 6.21. The summed E-state index contributed by atoms with van der Waals surface area (Å²) in [5, 5.41) is 1.18. The van der Waals surface area contributed by atoms with Crippen LogP contribution in [-0.4, -0.2) is 12.1 Å². The molecule has 2 nitrogen and oxygen atoms in total. The highest BCUT2D eigenvalue weighted by Gasteiger charge is 2.23. The Labute approximate surface area is 131 Å². The molecule has 1 heterocycles. The fourth-order valence-electron chi connectivity index (χ4n) is 2.79. The lowest BCUT2D eigenvalue weighted by atomic mass is 9.78. The minimum atomic E-state index is -0.0641. The SMILES string of the molecule is COc1ccc(C(C)(C)c2ccc3nc(C)ccc3c2)cc1. The molecule has 0 amide bonds. The maximum atomic E-state index is 5.25. The average Bonchev–Trinajstić information content (AvgIpc) is 2.54. The molecule has 3 rings (SSSR count). The Balaban J connectivity index is 2.05. The van der Waals surface area contributed by atoms with Crippen LogP contribution in [0.4, 0.5) is 0 Å². The molecule has 22 heavy (non-hydrogen) atoms. The van der Waals surface area contributed by atoms with Crippen molar-refractivity contribution in [2.75, 3.05) is 7.11 Å². The maximum Gasteiger partial charge on any atom is 0.118 e. The van der Waals surface area contributed by atoms with Gasteiger partial charge in [-0.2, -0.15) is 0 Å². The number of aryl methyl sites for hydroxylation is 1. The van der Waals surface area contributed by atoms with Gasteiger partial charge in [0, 0.05) is 16.5 Å². The zero-order chi connectivity index (χ0) is 15.7. The Morgan fingerprint density at radius 1 is 0.864 bits per heavy atom. The molecule has 0 bridgehead atoms. The smallest absolute Gasteiger partial charge is 0.118 e. The van der Waals surface area contributed by atoms with Crippen molar-refractivity contribution in [1.82, 2.24) is 4.98 Å². The number of hydrogen-bond acceptors (Lipinski definition) is 2. The number of fused-ring (bicyclic) bond motifs is 1. The Bertz CT molecular complexity index is 804. The van der Waals surface area contributed by atoms with Crippen LogP contribution in [0.5, 0.6) is 5.75 Å². The van der Waals surface area contributed by atoms with E-state index in [-0.39, 0.29) is 5.41 Å². The molecule has 0 unspecified atom stereocenters. The molecule has 0 aliphatic heterocycles. The van der Waals surface area contributed by atoms with Gasteiger partial charge >= 0.3 is 0 Å².